The molecular formula is C14H13ClN2O2. The van der Waals surface area contributed by atoms with Gasteiger partial charge in [0.15, 0.2) is 5.15 Å². The molecule has 19 heavy (non-hydrogen) atoms. The number of hydrogen-bond acceptors (Lipinski definition) is 3. The highest BCUT2D eigenvalue weighted by Crippen LogP contribution is 2.26. The van der Waals surface area contributed by atoms with Crippen LogP contribution in [-0.2, 0) is 19.4 Å². The Bertz CT molecular complexity index is 667. The van der Waals surface area contributed by atoms with E-state index in [1.807, 2.05) is 12.1 Å². The van der Waals surface area contributed by atoms with E-state index in [1.54, 1.807) is 17.0 Å². The minimum atomic E-state index is -0.242. The van der Waals surface area contributed by atoms with Crippen molar-refractivity contribution in [2.24, 2.45) is 0 Å². The van der Waals surface area contributed by atoms with Crippen LogP contribution in [0.3, 0.4) is 0 Å². The molecule has 1 aromatic heterocycles. The molecule has 98 valence electrons. The van der Waals surface area contributed by atoms with Gasteiger partial charge in [0.25, 0.3) is 5.56 Å². The normalized spacial score (nSPS) is 13.1. The van der Waals surface area contributed by atoms with Crippen molar-refractivity contribution in [3.63, 3.8) is 0 Å². The molecule has 0 aliphatic carbocycles. The Kier molecular flexibility index (Phi) is 3.25. The molecule has 0 N–H and O–H groups in total. The summed E-state index contributed by atoms with van der Waals surface area (Å²) >= 11 is 5.71. The first kappa shape index (κ1) is 12.2. The summed E-state index contributed by atoms with van der Waals surface area (Å²) in [5.74, 6) is 0.980. The molecule has 1 aliphatic heterocycles. The van der Waals surface area contributed by atoms with Crippen LogP contribution in [0.25, 0.3) is 0 Å². The Balaban J connectivity index is 1.76. The Labute approximate surface area is 115 Å². The highest BCUT2D eigenvalue weighted by molar-refractivity contribution is 6.29. The van der Waals surface area contributed by atoms with Gasteiger partial charge < -0.3 is 9.30 Å². The van der Waals surface area contributed by atoms with Crippen LogP contribution in [0.15, 0.2) is 35.4 Å². The zero-order valence-electron chi connectivity index (χ0n) is 10.3. The number of benzene rings is 1. The fourth-order valence-electron chi connectivity index (χ4n) is 2.24. The smallest absolute Gasteiger partial charge is 0.288 e. The first-order chi connectivity index (χ1) is 9.24. The summed E-state index contributed by atoms with van der Waals surface area (Å²) in [6.07, 6.45) is 4.95. The van der Waals surface area contributed by atoms with Crippen LogP contribution >= 0.6 is 11.6 Å². The lowest BCUT2D eigenvalue weighted by atomic mass is 10.1. The van der Waals surface area contributed by atoms with E-state index in [2.05, 4.69) is 11.1 Å². The van der Waals surface area contributed by atoms with E-state index in [1.165, 1.54) is 11.1 Å². The Morgan fingerprint density at radius 2 is 2.32 bits per heavy atom. The zero-order valence-corrected chi connectivity index (χ0v) is 11.1. The second-order valence-electron chi connectivity index (χ2n) is 4.51. The molecule has 0 saturated carbocycles. The van der Waals surface area contributed by atoms with Crippen LogP contribution in [0, 0.1) is 0 Å². The molecule has 3 rings (SSSR count). The summed E-state index contributed by atoms with van der Waals surface area (Å²) in [5, 5.41) is 0.0184. The maximum absolute atomic E-state index is 11.7. The first-order valence-electron chi connectivity index (χ1n) is 6.19. The molecule has 2 aromatic rings. The van der Waals surface area contributed by atoms with Gasteiger partial charge in [-0.2, -0.15) is 0 Å². The lowest BCUT2D eigenvalue weighted by molar-refractivity contribution is 0.357. The van der Waals surface area contributed by atoms with Gasteiger partial charge in [-0.15, -0.1) is 0 Å². The van der Waals surface area contributed by atoms with Crippen molar-refractivity contribution in [3.05, 3.63) is 57.2 Å². The van der Waals surface area contributed by atoms with Crippen LogP contribution in [0.4, 0.5) is 0 Å². The van der Waals surface area contributed by atoms with Crippen molar-refractivity contribution in [2.75, 3.05) is 6.61 Å². The van der Waals surface area contributed by atoms with Crippen molar-refractivity contribution in [3.8, 4) is 5.75 Å². The van der Waals surface area contributed by atoms with Crippen LogP contribution in [0.1, 0.15) is 11.1 Å². The topological polar surface area (TPSA) is 44.1 Å². The highest BCUT2D eigenvalue weighted by Gasteiger charge is 2.12. The summed E-state index contributed by atoms with van der Waals surface area (Å²) in [7, 11) is 0. The fraction of sp³-hybridized carbons (Fsp3) is 0.286. The van der Waals surface area contributed by atoms with E-state index in [-0.39, 0.29) is 10.7 Å². The van der Waals surface area contributed by atoms with Crippen molar-refractivity contribution >= 4 is 11.6 Å². The number of nitrogens with zero attached hydrogens (tertiary/aromatic N) is 2. The third-order valence-corrected chi connectivity index (χ3v) is 3.53. The second-order valence-corrected chi connectivity index (χ2v) is 4.87. The van der Waals surface area contributed by atoms with Gasteiger partial charge in [0, 0.05) is 25.4 Å². The second kappa shape index (κ2) is 5.05. The Hall–Kier alpha value is -1.81. The van der Waals surface area contributed by atoms with Crippen LogP contribution in [0.5, 0.6) is 5.75 Å². The lowest BCUT2D eigenvalue weighted by Gasteiger charge is -2.07. The number of halogens is 1. The zero-order chi connectivity index (χ0) is 13.2. The molecule has 1 aliphatic rings. The summed E-state index contributed by atoms with van der Waals surface area (Å²) in [6, 6.07) is 6.19. The number of ether oxygens (including phenoxy) is 1. The third kappa shape index (κ3) is 2.49. The van der Waals surface area contributed by atoms with Gasteiger partial charge in [-0.3, -0.25) is 4.79 Å². The summed E-state index contributed by atoms with van der Waals surface area (Å²) in [6.45, 7) is 1.36. The molecular weight excluding hydrogens is 264 g/mol. The molecule has 0 saturated heterocycles. The average Bonchev–Trinajstić information content (AvgIpc) is 2.88. The van der Waals surface area contributed by atoms with Crippen molar-refractivity contribution in [1.29, 1.82) is 0 Å². The van der Waals surface area contributed by atoms with Gasteiger partial charge in [0.1, 0.15) is 5.75 Å². The van der Waals surface area contributed by atoms with Crippen LogP contribution in [0.2, 0.25) is 5.15 Å². The van der Waals surface area contributed by atoms with Gasteiger partial charge in [0.05, 0.1) is 6.61 Å². The SMILES string of the molecule is O=c1c(Cl)nccn1CCc1ccc2c(c1)CCO2. The van der Waals surface area contributed by atoms with Gasteiger partial charge in [-0.25, -0.2) is 4.98 Å². The van der Waals surface area contributed by atoms with Gasteiger partial charge >= 0.3 is 0 Å². The van der Waals surface area contributed by atoms with Gasteiger partial charge in [-0.1, -0.05) is 23.7 Å². The van der Waals surface area contributed by atoms with E-state index in [9.17, 15) is 4.79 Å². The monoisotopic (exact) mass is 276 g/mol. The molecule has 0 unspecified atom stereocenters. The molecule has 4 nitrogen and oxygen atoms in total. The van der Waals surface area contributed by atoms with E-state index >= 15 is 0 Å². The van der Waals surface area contributed by atoms with Crippen molar-refractivity contribution in [1.82, 2.24) is 9.55 Å². The molecule has 1 aromatic carbocycles. The van der Waals surface area contributed by atoms with Gasteiger partial charge in [0.2, 0.25) is 0 Å². The van der Waals surface area contributed by atoms with Crippen LogP contribution < -0.4 is 10.3 Å². The standard InChI is InChI=1S/C14H13ClN2O2/c15-13-14(18)17(7-5-16-13)6-3-10-1-2-12-11(9-10)4-8-19-12/h1-2,5,7,9H,3-4,6,8H2. The molecule has 0 bridgehead atoms. The quantitative estimate of drug-likeness (QED) is 0.862. The minimum absolute atomic E-state index is 0.0184. The van der Waals surface area contributed by atoms with Crippen molar-refractivity contribution < 1.29 is 4.74 Å². The number of rotatable bonds is 3. The predicted molar refractivity (Wildman–Crippen MR) is 72.9 cm³/mol. The predicted octanol–water partition coefficient (Wildman–Crippen LogP) is 2.07. The average molecular weight is 277 g/mol. The summed E-state index contributed by atoms with van der Waals surface area (Å²) in [4.78, 5) is 15.5. The number of fused-ring (bicyclic) bond motifs is 1. The van der Waals surface area contributed by atoms with E-state index in [0.717, 1.165) is 25.2 Å². The molecule has 0 atom stereocenters. The maximum atomic E-state index is 11.7. The minimum Gasteiger partial charge on any atom is -0.493 e. The fourth-order valence-corrected chi connectivity index (χ4v) is 2.41. The number of aromatic nitrogens is 2. The molecule has 2 heterocycles. The molecule has 0 fully saturated rings. The molecule has 0 spiro atoms. The molecule has 0 radical (unpaired) electrons. The van der Waals surface area contributed by atoms with E-state index in [4.69, 9.17) is 16.3 Å². The first-order valence-corrected chi connectivity index (χ1v) is 6.57. The highest BCUT2D eigenvalue weighted by atomic mass is 35.5. The number of hydrogen-bond donors (Lipinski definition) is 0. The molecule has 0 amide bonds. The largest absolute Gasteiger partial charge is 0.493 e. The van der Waals surface area contributed by atoms with Gasteiger partial charge in [-0.05, 0) is 23.6 Å². The summed E-state index contributed by atoms with van der Waals surface area (Å²) < 4.78 is 7.05. The Morgan fingerprint density at radius 1 is 1.42 bits per heavy atom. The van der Waals surface area contributed by atoms with Crippen LogP contribution in [-0.4, -0.2) is 16.2 Å². The third-order valence-electron chi connectivity index (χ3n) is 3.27. The lowest BCUT2D eigenvalue weighted by Crippen LogP contribution is -2.21. The van der Waals surface area contributed by atoms with E-state index in [0.29, 0.717) is 6.54 Å². The maximum Gasteiger partial charge on any atom is 0.288 e. The van der Waals surface area contributed by atoms with Crippen molar-refractivity contribution in [2.45, 2.75) is 19.4 Å². The molecule has 5 heteroatoms. The van der Waals surface area contributed by atoms with E-state index < -0.39 is 0 Å². The summed E-state index contributed by atoms with van der Waals surface area (Å²) in [5.41, 5.74) is 2.20. The number of aryl methyl sites for hydroxylation is 2. The Morgan fingerprint density at radius 3 is 3.21 bits per heavy atom.